The third-order valence-corrected chi connectivity index (χ3v) is 1.93. The zero-order chi connectivity index (χ0) is 12.8. The van der Waals surface area contributed by atoms with E-state index in [4.69, 9.17) is 5.11 Å². The lowest BCUT2D eigenvalue weighted by atomic mass is 10.2. The minimum atomic E-state index is -0.492. The Bertz CT molecular complexity index is 475. The second kappa shape index (κ2) is 5.87. The van der Waals surface area contributed by atoms with Gasteiger partial charge in [-0.3, -0.25) is 0 Å². The summed E-state index contributed by atoms with van der Waals surface area (Å²) in [6, 6.07) is 3.77. The molecule has 2 N–H and O–H groups in total. The van der Waals surface area contributed by atoms with Gasteiger partial charge < -0.3 is 15.3 Å². The molecule has 0 bridgehead atoms. The van der Waals surface area contributed by atoms with E-state index in [2.05, 4.69) is 17.2 Å². The molecule has 1 aromatic rings. The molecule has 17 heavy (non-hydrogen) atoms. The van der Waals surface area contributed by atoms with Gasteiger partial charge in [-0.15, -0.1) is 0 Å². The van der Waals surface area contributed by atoms with E-state index in [-0.39, 0.29) is 18.2 Å². The molecule has 0 aliphatic heterocycles. The highest BCUT2D eigenvalue weighted by atomic mass is 19.1. The van der Waals surface area contributed by atoms with Crippen molar-refractivity contribution in [3.05, 3.63) is 29.6 Å². The van der Waals surface area contributed by atoms with Crippen molar-refractivity contribution in [1.82, 2.24) is 4.90 Å². The van der Waals surface area contributed by atoms with E-state index in [1.165, 1.54) is 23.1 Å². The van der Waals surface area contributed by atoms with Gasteiger partial charge in [-0.05, 0) is 18.2 Å². The fraction of sp³-hybridized carbons (Fsp3) is 0.250. The van der Waals surface area contributed by atoms with E-state index in [9.17, 15) is 9.18 Å². The molecule has 2 amide bonds. The molecule has 0 unspecified atom stereocenters. The molecule has 0 aliphatic rings. The molecule has 0 atom stereocenters. The molecule has 0 spiro atoms. The van der Waals surface area contributed by atoms with E-state index in [0.29, 0.717) is 5.69 Å². The van der Waals surface area contributed by atoms with Gasteiger partial charge in [-0.25, -0.2) is 9.18 Å². The van der Waals surface area contributed by atoms with Crippen LogP contribution >= 0.6 is 0 Å². The number of nitrogens with zero attached hydrogens (tertiary/aromatic N) is 1. The van der Waals surface area contributed by atoms with Crippen molar-refractivity contribution in [2.24, 2.45) is 0 Å². The first-order valence-corrected chi connectivity index (χ1v) is 4.92. The van der Waals surface area contributed by atoms with Crippen LogP contribution in [0.25, 0.3) is 0 Å². The smallest absolute Gasteiger partial charge is 0.321 e. The molecule has 5 heteroatoms. The van der Waals surface area contributed by atoms with Gasteiger partial charge in [0, 0.05) is 19.8 Å². The average molecular weight is 236 g/mol. The maximum absolute atomic E-state index is 13.3. The maximum Gasteiger partial charge on any atom is 0.321 e. The molecular formula is C12H13FN2O2. The van der Waals surface area contributed by atoms with Crippen LogP contribution < -0.4 is 5.32 Å². The van der Waals surface area contributed by atoms with Crippen molar-refractivity contribution < 1.29 is 14.3 Å². The van der Waals surface area contributed by atoms with Gasteiger partial charge in [0.15, 0.2) is 0 Å². The van der Waals surface area contributed by atoms with Crippen LogP contribution in [0.15, 0.2) is 18.2 Å². The molecule has 1 aromatic carbocycles. The number of carbonyl (C=O) groups is 1. The van der Waals surface area contributed by atoms with Crippen LogP contribution in [0.2, 0.25) is 0 Å². The third-order valence-electron chi connectivity index (χ3n) is 1.93. The van der Waals surface area contributed by atoms with Gasteiger partial charge in [0.1, 0.15) is 12.4 Å². The quantitative estimate of drug-likeness (QED) is 0.721. The van der Waals surface area contributed by atoms with Gasteiger partial charge >= 0.3 is 6.03 Å². The molecular weight excluding hydrogens is 223 g/mol. The number of aliphatic hydroxyl groups is 1. The van der Waals surface area contributed by atoms with Crippen molar-refractivity contribution in [2.75, 3.05) is 26.0 Å². The highest BCUT2D eigenvalue weighted by molar-refractivity contribution is 5.89. The number of hydrogen-bond donors (Lipinski definition) is 2. The van der Waals surface area contributed by atoms with Gasteiger partial charge in [0.25, 0.3) is 0 Å². The largest absolute Gasteiger partial charge is 0.384 e. The van der Waals surface area contributed by atoms with Crippen LogP contribution in [-0.4, -0.2) is 36.7 Å². The lowest BCUT2D eigenvalue weighted by Gasteiger charge is -2.12. The molecule has 0 aromatic heterocycles. The van der Waals surface area contributed by atoms with E-state index in [0.717, 1.165) is 0 Å². The zero-order valence-corrected chi connectivity index (χ0v) is 9.62. The first kappa shape index (κ1) is 13.0. The Morgan fingerprint density at radius 3 is 2.82 bits per heavy atom. The molecule has 0 radical (unpaired) electrons. The van der Waals surface area contributed by atoms with E-state index in [1.54, 1.807) is 14.1 Å². The van der Waals surface area contributed by atoms with Gasteiger partial charge in [0.2, 0.25) is 0 Å². The van der Waals surface area contributed by atoms with Crippen LogP contribution in [0.3, 0.4) is 0 Å². The summed E-state index contributed by atoms with van der Waals surface area (Å²) in [6.07, 6.45) is 0. The van der Waals surface area contributed by atoms with Gasteiger partial charge in [-0.1, -0.05) is 11.8 Å². The van der Waals surface area contributed by atoms with E-state index >= 15 is 0 Å². The third kappa shape index (κ3) is 3.78. The highest BCUT2D eigenvalue weighted by Gasteiger charge is 2.06. The fourth-order valence-corrected chi connectivity index (χ4v) is 1.07. The Morgan fingerprint density at radius 1 is 1.53 bits per heavy atom. The number of halogens is 1. The summed E-state index contributed by atoms with van der Waals surface area (Å²) in [6.45, 7) is -0.340. The Morgan fingerprint density at radius 2 is 2.24 bits per heavy atom. The van der Waals surface area contributed by atoms with Crippen LogP contribution in [0.1, 0.15) is 5.56 Å². The van der Waals surface area contributed by atoms with E-state index < -0.39 is 5.82 Å². The molecule has 0 saturated heterocycles. The number of rotatable bonds is 1. The number of carbonyl (C=O) groups excluding carboxylic acids is 1. The number of aliphatic hydroxyl groups excluding tert-OH is 1. The molecule has 90 valence electrons. The molecule has 0 heterocycles. The minimum Gasteiger partial charge on any atom is -0.384 e. The summed E-state index contributed by atoms with van der Waals surface area (Å²) in [5.74, 6) is 4.32. The lowest BCUT2D eigenvalue weighted by molar-refractivity contribution is 0.230. The Kier molecular flexibility index (Phi) is 4.49. The average Bonchev–Trinajstić information content (AvgIpc) is 2.29. The van der Waals surface area contributed by atoms with Crippen molar-refractivity contribution in [3.8, 4) is 11.8 Å². The molecule has 0 fully saturated rings. The molecule has 4 nitrogen and oxygen atoms in total. The Labute approximate surface area is 99.1 Å². The van der Waals surface area contributed by atoms with Crippen molar-refractivity contribution in [3.63, 3.8) is 0 Å². The number of benzene rings is 1. The number of urea groups is 1. The summed E-state index contributed by atoms with van der Waals surface area (Å²) in [4.78, 5) is 12.7. The predicted octanol–water partition coefficient (Wildman–Crippen LogP) is 1.26. The first-order chi connectivity index (χ1) is 8.04. The number of nitrogens with one attached hydrogen (secondary N) is 1. The normalized spacial score (nSPS) is 9.18. The van der Waals surface area contributed by atoms with Crippen LogP contribution in [-0.2, 0) is 0 Å². The first-order valence-electron chi connectivity index (χ1n) is 4.92. The van der Waals surface area contributed by atoms with Crippen LogP contribution in [0, 0.1) is 17.7 Å². The summed E-state index contributed by atoms with van der Waals surface area (Å²) >= 11 is 0. The lowest BCUT2D eigenvalue weighted by Crippen LogP contribution is -2.27. The number of anilines is 1. The van der Waals surface area contributed by atoms with Crippen molar-refractivity contribution in [2.45, 2.75) is 0 Å². The fourth-order valence-electron chi connectivity index (χ4n) is 1.07. The Balaban J connectivity index is 2.92. The summed E-state index contributed by atoms with van der Waals surface area (Å²) in [5.41, 5.74) is 0.586. The van der Waals surface area contributed by atoms with Gasteiger partial charge in [-0.2, -0.15) is 0 Å². The molecule has 1 rings (SSSR count). The second-order valence-electron chi connectivity index (χ2n) is 3.48. The van der Waals surface area contributed by atoms with Crippen molar-refractivity contribution in [1.29, 1.82) is 0 Å². The summed E-state index contributed by atoms with van der Waals surface area (Å²) in [5, 5.41) is 11.1. The van der Waals surface area contributed by atoms with Gasteiger partial charge in [0.05, 0.1) is 5.56 Å². The van der Waals surface area contributed by atoms with Crippen LogP contribution in [0.4, 0.5) is 14.9 Å². The predicted molar refractivity (Wildman–Crippen MR) is 63.1 cm³/mol. The van der Waals surface area contributed by atoms with E-state index in [1.807, 2.05) is 0 Å². The molecule has 0 saturated carbocycles. The SMILES string of the molecule is CN(C)C(=O)Nc1ccc(F)c(C#CCO)c1. The highest BCUT2D eigenvalue weighted by Crippen LogP contribution is 2.14. The van der Waals surface area contributed by atoms with Crippen molar-refractivity contribution >= 4 is 11.7 Å². The zero-order valence-electron chi connectivity index (χ0n) is 9.62. The number of amides is 2. The minimum absolute atomic E-state index is 0.135. The maximum atomic E-state index is 13.3. The summed E-state index contributed by atoms with van der Waals surface area (Å²) in [7, 11) is 3.21. The Hall–Kier alpha value is -2.06. The number of hydrogen-bond acceptors (Lipinski definition) is 2. The topological polar surface area (TPSA) is 52.6 Å². The second-order valence-corrected chi connectivity index (χ2v) is 3.48. The standard InChI is InChI=1S/C12H13FN2O2/c1-15(2)12(17)14-10-5-6-11(13)9(8-10)4-3-7-16/h5-6,8,16H,7H2,1-2H3,(H,14,17). The summed E-state index contributed by atoms with van der Waals surface area (Å²) < 4.78 is 13.3. The molecule has 0 aliphatic carbocycles. The monoisotopic (exact) mass is 236 g/mol. The van der Waals surface area contributed by atoms with Crippen LogP contribution in [0.5, 0.6) is 0 Å².